The van der Waals surface area contributed by atoms with E-state index in [9.17, 15) is 14.0 Å². The molecule has 0 aliphatic heterocycles. The van der Waals surface area contributed by atoms with Crippen molar-refractivity contribution in [1.82, 2.24) is 10.3 Å². The first-order valence-corrected chi connectivity index (χ1v) is 8.31. The van der Waals surface area contributed by atoms with Crippen molar-refractivity contribution < 1.29 is 14.0 Å². The van der Waals surface area contributed by atoms with Gasteiger partial charge < -0.3 is 21.3 Å². The quantitative estimate of drug-likeness (QED) is 0.563. The van der Waals surface area contributed by atoms with Crippen LogP contribution in [0.3, 0.4) is 0 Å². The summed E-state index contributed by atoms with van der Waals surface area (Å²) in [5, 5.41) is 10.4. The number of halogens is 2. The van der Waals surface area contributed by atoms with Crippen LogP contribution >= 0.6 is 11.6 Å². The molecule has 1 heterocycles. The number of pyridine rings is 1. The Morgan fingerprint density at radius 3 is 2.59 bits per heavy atom. The number of nitrogens with zero attached hydrogens (tertiary/aromatic N) is 1. The summed E-state index contributed by atoms with van der Waals surface area (Å²) in [5.41, 5.74) is 2.40. The summed E-state index contributed by atoms with van der Waals surface area (Å²) in [7, 11) is 3.14. The van der Waals surface area contributed by atoms with Crippen LogP contribution in [0.15, 0.2) is 24.4 Å². The Bertz CT molecular complexity index is 902. The Labute approximate surface area is 161 Å². The van der Waals surface area contributed by atoms with Gasteiger partial charge in [0.05, 0.1) is 16.4 Å². The van der Waals surface area contributed by atoms with Gasteiger partial charge in [0.25, 0.3) is 0 Å². The van der Waals surface area contributed by atoms with Crippen LogP contribution in [0.5, 0.6) is 0 Å². The number of anilines is 3. The lowest BCUT2D eigenvalue weighted by Gasteiger charge is -2.12. The van der Waals surface area contributed by atoms with E-state index < -0.39 is 11.8 Å². The maximum atomic E-state index is 14.1. The molecule has 3 amide bonds. The predicted molar refractivity (Wildman–Crippen MR) is 107 cm³/mol. The minimum atomic E-state index is -0.650. The van der Waals surface area contributed by atoms with E-state index in [2.05, 4.69) is 26.3 Å². The van der Waals surface area contributed by atoms with Gasteiger partial charge in [-0.2, -0.15) is 0 Å². The van der Waals surface area contributed by atoms with Crippen LogP contribution in [0.1, 0.15) is 18.1 Å². The highest BCUT2D eigenvalue weighted by molar-refractivity contribution is 6.32. The Balaban J connectivity index is 2.47. The standard InChI is InChI=1S/C18H19ClFN5O2/c1-10(4-11-8-23-17(21-2)7-15(11)24-9-26)12-5-16(25-18(27)22-3)14(20)6-13(12)19/h4-9H,1-3H3,(H2,22,25,27)(H2,21,23,24,26)/b10-4+. The van der Waals surface area contributed by atoms with E-state index >= 15 is 0 Å². The van der Waals surface area contributed by atoms with Crippen molar-refractivity contribution >= 4 is 52.9 Å². The molecule has 0 atom stereocenters. The number of hydrogen-bond acceptors (Lipinski definition) is 4. The van der Waals surface area contributed by atoms with Crippen LogP contribution in [0.25, 0.3) is 11.6 Å². The SMILES string of the molecule is CNC(=O)Nc1cc(/C(C)=C/c2cnc(NC)cc2NC=O)c(Cl)cc1F. The maximum absolute atomic E-state index is 14.1. The molecule has 0 saturated carbocycles. The van der Waals surface area contributed by atoms with Gasteiger partial charge in [0.15, 0.2) is 0 Å². The average Bonchev–Trinajstić information content (AvgIpc) is 2.65. The van der Waals surface area contributed by atoms with Crippen LogP contribution in [-0.4, -0.2) is 31.5 Å². The molecule has 0 aliphatic rings. The van der Waals surface area contributed by atoms with Gasteiger partial charge in [-0.15, -0.1) is 0 Å². The van der Waals surface area contributed by atoms with Crippen LogP contribution < -0.4 is 21.3 Å². The Morgan fingerprint density at radius 1 is 1.22 bits per heavy atom. The number of aromatic nitrogens is 1. The van der Waals surface area contributed by atoms with Crippen molar-refractivity contribution in [2.45, 2.75) is 6.92 Å². The number of amides is 3. The van der Waals surface area contributed by atoms with Crippen molar-refractivity contribution in [3.05, 3.63) is 46.4 Å². The van der Waals surface area contributed by atoms with Crippen LogP contribution in [0.2, 0.25) is 5.02 Å². The third-order valence-electron chi connectivity index (χ3n) is 3.73. The molecule has 27 heavy (non-hydrogen) atoms. The first kappa shape index (κ1) is 20.2. The summed E-state index contributed by atoms with van der Waals surface area (Å²) in [6.45, 7) is 1.78. The van der Waals surface area contributed by atoms with E-state index in [-0.39, 0.29) is 10.7 Å². The fraction of sp³-hybridized carbons (Fsp3) is 0.167. The Morgan fingerprint density at radius 2 is 1.96 bits per heavy atom. The highest BCUT2D eigenvalue weighted by Gasteiger charge is 2.13. The molecule has 0 radical (unpaired) electrons. The molecule has 2 rings (SSSR count). The van der Waals surface area contributed by atoms with Gasteiger partial charge >= 0.3 is 6.03 Å². The molecule has 1 aromatic heterocycles. The van der Waals surface area contributed by atoms with Crippen molar-refractivity contribution in [2.75, 3.05) is 30.0 Å². The van der Waals surface area contributed by atoms with Gasteiger partial charge in [-0.3, -0.25) is 4.79 Å². The summed E-state index contributed by atoms with van der Waals surface area (Å²) in [4.78, 5) is 26.6. The second-order valence-electron chi connectivity index (χ2n) is 5.51. The number of carbonyl (C=O) groups excluding carboxylic acids is 2. The molecule has 0 spiro atoms. The molecule has 9 heteroatoms. The average molecular weight is 392 g/mol. The number of nitrogens with one attached hydrogen (secondary N) is 4. The molecule has 0 saturated heterocycles. The Kier molecular flexibility index (Phi) is 6.73. The zero-order valence-corrected chi connectivity index (χ0v) is 15.7. The first-order chi connectivity index (χ1) is 12.9. The summed E-state index contributed by atoms with van der Waals surface area (Å²) < 4.78 is 14.1. The van der Waals surface area contributed by atoms with Crippen molar-refractivity contribution in [3.8, 4) is 0 Å². The molecule has 4 N–H and O–H groups in total. The summed E-state index contributed by atoms with van der Waals surface area (Å²) >= 11 is 6.18. The fourth-order valence-electron chi connectivity index (χ4n) is 2.35. The molecule has 0 aliphatic carbocycles. The van der Waals surface area contributed by atoms with E-state index in [1.54, 1.807) is 32.3 Å². The maximum Gasteiger partial charge on any atom is 0.319 e. The molecule has 0 unspecified atom stereocenters. The van der Waals surface area contributed by atoms with E-state index in [0.29, 0.717) is 34.6 Å². The van der Waals surface area contributed by atoms with Crippen LogP contribution in [-0.2, 0) is 4.79 Å². The summed E-state index contributed by atoms with van der Waals surface area (Å²) in [6, 6.07) is 3.71. The molecule has 0 bridgehead atoms. The lowest BCUT2D eigenvalue weighted by atomic mass is 10.0. The van der Waals surface area contributed by atoms with Gasteiger partial charge in [-0.1, -0.05) is 11.6 Å². The van der Waals surface area contributed by atoms with Crippen LogP contribution in [0.4, 0.5) is 26.4 Å². The zero-order chi connectivity index (χ0) is 20.0. The van der Waals surface area contributed by atoms with Gasteiger partial charge in [-0.25, -0.2) is 14.2 Å². The number of hydrogen-bond donors (Lipinski definition) is 4. The molecular weight excluding hydrogens is 373 g/mol. The lowest BCUT2D eigenvalue weighted by Crippen LogP contribution is -2.25. The largest absolute Gasteiger partial charge is 0.373 e. The van der Waals surface area contributed by atoms with Crippen LogP contribution in [0, 0.1) is 5.82 Å². The van der Waals surface area contributed by atoms with Gasteiger partial charge in [-0.05, 0) is 36.3 Å². The highest BCUT2D eigenvalue weighted by atomic mass is 35.5. The third kappa shape index (κ3) is 4.95. The molecule has 0 fully saturated rings. The molecule has 142 valence electrons. The minimum Gasteiger partial charge on any atom is -0.373 e. The van der Waals surface area contributed by atoms with Gasteiger partial charge in [0, 0.05) is 31.9 Å². The molecule has 1 aromatic carbocycles. The number of rotatable bonds is 6. The second-order valence-corrected chi connectivity index (χ2v) is 5.92. The zero-order valence-electron chi connectivity index (χ0n) is 15.0. The van der Waals surface area contributed by atoms with E-state index in [1.165, 1.54) is 13.1 Å². The number of benzene rings is 1. The topological polar surface area (TPSA) is 95.2 Å². The minimum absolute atomic E-state index is 0.00334. The molecule has 7 nitrogen and oxygen atoms in total. The molecule has 2 aromatic rings. The first-order valence-electron chi connectivity index (χ1n) is 7.94. The predicted octanol–water partition coefficient (Wildman–Crippen LogP) is 3.80. The van der Waals surface area contributed by atoms with Gasteiger partial charge in [0.1, 0.15) is 11.6 Å². The third-order valence-corrected chi connectivity index (χ3v) is 4.05. The van der Waals surface area contributed by atoms with Crippen molar-refractivity contribution in [3.63, 3.8) is 0 Å². The summed E-state index contributed by atoms with van der Waals surface area (Å²) in [5.74, 6) is -0.0606. The van der Waals surface area contributed by atoms with Crippen molar-refractivity contribution in [1.29, 1.82) is 0 Å². The second kappa shape index (κ2) is 9.00. The molecular formula is C18H19ClFN5O2. The lowest BCUT2D eigenvalue weighted by molar-refractivity contribution is -0.105. The van der Waals surface area contributed by atoms with E-state index in [1.807, 2.05) is 0 Å². The number of carbonyl (C=O) groups is 2. The number of urea groups is 1. The monoisotopic (exact) mass is 391 g/mol. The highest BCUT2D eigenvalue weighted by Crippen LogP contribution is 2.32. The number of allylic oxidation sites excluding steroid dienone is 1. The Hall–Kier alpha value is -3.13. The smallest absolute Gasteiger partial charge is 0.319 e. The summed E-state index contributed by atoms with van der Waals surface area (Å²) in [6.07, 6.45) is 3.90. The normalized spacial score (nSPS) is 10.9. The van der Waals surface area contributed by atoms with Crippen molar-refractivity contribution in [2.24, 2.45) is 0 Å². The van der Waals surface area contributed by atoms with Gasteiger partial charge in [0.2, 0.25) is 6.41 Å². The fourth-order valence-corrected chi connectivity index (χ4v) is 2.65. The van der Waals surface area contributed by atoms with E-state index in [0.717, 1.165) is 6.07 Å². The van der Waals surface area contributed by atoms with E-state index in [4.69, 9.17) is 11.6 Å².